The third kappa shape index (κ3) is 4.66. The number of nitrogens with zero attached hydrogens (tertiary/aromatic N) is 5. The van der Waals surface area contributed by atoms with Crippen LogP contribution in [0.15, 0.2) is 23.0 Å². The number of aromatic amines is 1. The second-order valence-electron chi connectivity index (χ2n) is 10.1. The second kappa shape index (κ2) is 9.96. The van der Waals surface area contributed by atoms with Gasteiger partial charge in [0.1, 0.15) is 0 Å². The Morgan fingerprint density at radius 2 is 2.00 bits per heavy atom. The van der Waals surface area contributed by atoms with Gasteiger partial charge in [0, 0.05) is 25.3 Å². The molecule has 1 aromatic carbocycles. The molecule has 2 fully saturated rings. The van der Waals surface area contributed by atoms with Crippen LogP contribution in [-0.4, -0.2) is 49.3 Å². The van der Waals surface area contributed by atoms with Crippen molar-refractivity contribution < 1.29 is 4.74 Å². The maximum absolute atomic E-state index is 13.2. The number of tetrazole rings is 1. The van der Waals surface area contributed by atoms with Gasteiger partial charge in [0.05, 0.1) is 23.7 Å². The topological polar surface area (TPSA) is 88.9 Å². The Kier molecular flexibility index (Phi) is 6.79. The molecule has 2 atom stereocenters. The first kappa shape index (κ1) is 23.2. The smallest absolute Gasteiger partial charge is 0.252 e. The minimum Gasteiger partial charge on any atom is -0.377 e. The number of hydrogen-bond acceptors (Lipinski definition) is 6. The summed E-state index contributed by atoms with van der Waals surface area (Å²) in [6.45, 7) is 8.43. The summed E-state index contributed by atoms with van der Waals surface area (Å²) in [4.78, 5) is 18.7. The van der Waals surface area contributed by atoms with Gasteiger partial charge in [-0.2, -0.15) is 0 Å². The molecule has 182 valence electrons. The van der Waals surface area contributed by atoms with Gasteiger partial charge < -0.3 is 9.72 Å². The molecule has 8 heteroatoms. The van der Waals surface area contributed by atoms with E-state index >= 15 is 0 Å². The number of pyridine rings is 1. The Labute approximate surface area is 200 Å². The number of H-pyrrole nitrogens is 1. The lowest BCUT2D eigenvalue weighted by Gasteiger charge is -2.32. The minimum absolute atomic E-state index is 0.0224. The molecule has 1 N–H and O–H groups in total. The fourth-order valence-corrected chi connectivity index (χ4v) is 5.85. The quantitative estimate of drug-likeness (QED) is 0.532. The van der Waals surface area contributed by atoms with Crippen LogP contribution in [-0.2, 0) is 11.3 Å². The fourth-order valence-electron chi connectivity index (χ4n) is 5.85. The maximum atomic E-state index is 13.2. The van der Waals surface area contributed by atoms with E-state index in [1.165, 1.54) is 18.4 Å². The lowest BCUT2D eigenvalue weighted by molar-refractivity contribution is 0.0484. The Bertz CT molecular complexity index is 1190. The summed E-state index contributed by atoms with van der Waals surface area (Å²) in [5.74, 6) is 0.913. The summed E-state index contributed by atoms with van der Waals surface area (Å²) in [7, 11) is 0. The van der Waals surface area contributed by atoms with E-state index in [-0.39, 0.29) is 17.7 Å². The summed E-state index contributed by atoms with van der Waals surface area (Å²) < 4.78 is 8.07. The highest BCUT2D eigenvalue weighted by atomic mass is 16.5. The molecule has 34 heavy (non-hydrogen) atoms. The van der Waals surface area contributed by atoms with Crippen LogP contribution in [0.3, 0.4) is 0 Å². The highest BCUT2D eigenvalue weighted by Crippen LogP contribution is 2.33. The molecular formula is C26H36N6O2. The van der Waals surface area contributed by atoms with Gasteiger partial charge in [-0.3, -0.25) is 9.69 Å². The lowest BCUT2D eigenvalue weighted by Crippen LogP contribution is -2.38. The normalized spacial score (nSPS) is 20.1. The van der Waals surface area contributed by atoms with Crippen molar-refractivity contribution in [2.24, 2.45) is 0 Å². The first-order valence-corrected chi connectivity index (χ1v) is 12.8. The van der Waals surface area contributed by atoms with Crippen LogP contribution in [0.1, 0.15) is 86.5 Å². The number of aryl methyl sites for hydroxylation is 2. The van der Waals surface area contributed by atoms with E-state index in [1.807, 2.05) is 6.92 Å². The highest BCUT2D eigenvalue weighted by Gasteiger charge is 2.31. The van der Waals surface area contributed by atoms with Crippen molar-refractivity contribution in [1.29, 1.82) is 0 Å². The summed E-state index contributed by atoms with van der Waals surface area (Å²) in [5.41, 5.74) is 3.96. The van der Waals surface area contributed by atoms with E-state index < -0.39 is 0 Å². The molecule has 0 bridgehead atoms. The second-order valence-corrected chi connectivity index (χ2v) is 10.1. The number of nitrogens with one attached hydrogen (secondary N) is 1. The third-order valence-corrected chi connectivity index (χ3v) is 7.52. The average molecular weight is 465 g/mol. The van der Waals surface area contributed by atoms with Gasteiger partial charge in [-0.05, 0) is 79.5 Å². The summed E-state index contributed by atoms with van der Waals surface area (Å²) in [6.07, 6.45) is 7.89. The van der Waals surface area contributed by atoms with Crippen LogP contribution in [0.25, 0.3) is 10.9 Å². The van der Waals surface area contributed by atoms with Gasteiger partial charge in [-0.1, -0.05) is 31.4 Å². The van der Waals surface area contributed by atoms with Crippen molar-refractivity contribution in [3.8, 4) is 0 Å². The zero-order valence-corrected chi connectivity index (χ0v) is 20.6. The number of rotatable bonds is 8. The van der Waals surface area contributed by atoms with Crippen LogP contribution < -0.4 is 5.56 Å². The van der Waals surface area contributed by atoms with Gasteiger partial charge in [-0.25, -0.2) is 4.68 Å². The van der Waals surface area contributed by atoms with Crippen molar-refractivity contribution >= 4 is 10.9 Å². The Balaban J connectivity index is 1.50. The molecule has 3 heterocycles. The highest BCUT2D eigenvalue weighted by molar-refractivity contribution is 5.82. The molecule has 3 aromatic rings. The number of aromatic nitrogens is 5. The van der Waals surface area contributed by atoms with E-state index in [2.05, 4.69) is 62.1 Å². The molecule has 1 aliphatic heterocycles. The standard InChI is InChI=1S/C26H36N6O2/c1-4-23(25-28-29-30-32(25)21-8-5-6-9-21)31(16-22-10-7-11-34-22)15-20-14-19-13-17(2)12-18(3)24(19)27-26(20)33/h12-14,21-23H,4-11,15-16H2,1-3H3,(H,27,33)/t22-,23+/m0/s1. The van der Waals surface area contributed by atoms with E-state index in [4.69, 9.17) is 4.74 Å². The number of fused-ring (bicyclic) bond motifs is 1. The molecule has 5 rings (SSSR count). The molecule has 0 spiro atoms. The summed E-state index contributed by atoms with van der Waals surface area (Å²) in [6, 6.07) is 6.71. The van der Waals surface area contributed by atoms with Crippen LogP contribution in [0, 0.1) is 13.8 Å². The first-order valence-electron chi connectivity index (χ1n) is 12.8. The largest absolute Gasteiger partial charge is 0.377 e. The molecule has 1 saturated carbocycles. The van der Waals surface area contributed by atoms with Gasteiger partial charge in [0.15, 0.2) is 5.82 Å². The predicted molar refractivity (Wildman–Crippen MR) is 132 cm³/mol. The van der Waals surface area contributed by atoms with Crippen molar-refractivity contribution in [2.75, 3.05) is 13.2 Å². The van der Waals surface area contributed by atoms with E-state index in [1.54, 1.807) is 0 Å². The molecule has 2 aliphatic rings. The molecule has 1 saturated heterocycles. The first-order chi connectivity index (χ1) is 16.5. The molecule has 0 unspecified atom stereocenters. The Hall–Kier alpha value is -2.58. The molecular weight excluding hydrogens is 428 g/mol. The molecule has 8 nitrogen and oxygen atoms in total. The molecule has 0 amide bonds. The number of ether oxygens (including phenoxy) is 1. The molecule has 2 aromatic heterocycles. The Morgan fingerprint density at radius 1 is 1.18 bits per heavy atom. The van der Waals surface area contributed by atoms with Crippen LogP contribution >= 0.6 is 0 Å². The van der Waals surface area contributed by atoms with Crippen LogP contribution in [0.5, 0.6) is 0 Å². The van der Waals surface area contributed by atoms with Crippen molar-refractivity contribution in [3.05, 3.63) is 51.1 Å². The number of hydrogen-bond donors (Lipinski definition) is 1. The molecule has 1 aliphatic carbocycles. The summed E-state index contributed by atoms with van der Waals surface area (Å²) in [5, 5.41) is 14.0. The Morgan fingerprint density at radius 3 is 2.74 bits per heavy atom. The van der Waals surface area contributed by atoms with Crippen molar-refractivity contribution in [3.63, 3.8) is 0 Å². The zero-order chi connectivity index (χ0) is 23.7. The van der Waals surface area contributed by atoms with E-state index in [0.717, 1.165) is 73.1 Å². The predicted octanol–water partition coefficient (Wildman–Crippen LogP) is 4.38. The van der Waals surface area contributed by atoms with Gasteiger partial charge in [0.2, 0.25) is 0 Å². The minimum atomic E-state index is -0.0259. The summed E-state index contributed by atoms with van der Waals surface area (Å²) >= 11 is 0. The van der Waals surface area contributed by atoms with Crippen molar-refractivity contribution in [1.82, 2.24) is 30.1 Å². The van der Waals surface area contributed by atoms with Crippen molar-refractivity contribution in [2.45, 2.75) is 90.4 Å². The zero-order valence-electron chi connectivity index (χ0n) is 20.6. The van der Waals surface area contributed by atoms with Crippen LogP contribution in [0.2, 0.25) is 0 Å². The third-order valence-electron chi connectivity index (χ3n) is 7.52. The lowest BCUT2D eigenvalue weighted by atomic mass is 10.0. The van der Waals surface area contributed by atoms with Gasteiger partial charge >= 0.3 is 0 Å². The molecule has 0 radical (unpaired) electrons. The fraction of sp³-hybridized carbons (Fsp3) is 0.615. The van der Waals surface area contributed by atoms with Gasteiger partial charge in [0.25, 0.3) is 5.56 Å². The van der Waals surface area contributed by atoms with E-state index in [0.29, 0.717) is 12.6 Å². The van der Waals surface area contributed by atoms with Gasteiger partial charge in [-0.15, -0.1) is 5.10 Å². The maximum Gasteiger partial charge on any atom is 0.252 e. The average Bonchev–Trinajstić information content (AvgIpc) is 3.58. The van der Waals surface area contributed by atoms with Crippen LogP contribution in [0.4, 0.5) is 0 Å². The van der Waals surface area contributed by atoms with E-state index in [9.17, 15) is 4.79 Å². The SMILES string of the molecule is CC[C@H](c1nnnn1C1CCCC1)N(Cc1cc2cc(C)cc(C)c2[nH]c1=O)C[C@@H]1CCCO1. The number of benzene rings is 1. The monoisotopic (exact) mass is 464 g/mol.